The number of halogens is 1. The maximum atomic E-state index is 5.47. The Hall–Kier alpha value is -1.39. The van der Waals surface area contributed by atoms with E-state index in [1.54, 1.807) is 7.11 Å². The number of aromatic nitrogens is 1. The van der Waals surface area contributed by atoms with Crippen LogP contribution in [-0.2, 0) is 6.42 Å². The lowest BCUT2D eigenvalue weighted by atomic mass is 9.98. The molecule has 112 valence electrons. The van der Waals surface area contributed by atoms with E-state index in [1.165, 1.54) is 11.1 Å². The topological polar surface area (TPSA) is 34.1 Å². The highest BCUT2D eigenvalue weighted by Gasteiger charge is 2.14. The van der Waals surface area contributed by atoms with Gasteiger partial charge in [-0.1, -0.05) is 15.9 Å². The third-order valence-corrected chi connectivity index (χ3v) is 4.01. The minimum Gasteiger partial charge on any atom is -0.496 e. The van der Waals surface area contributed by atoms with Crippen molar-refractivity contribution in [1.82, 2.24) is 10.3 Å². The fraction of sp³-hybridized carbons (Fsp3) is 0.353. The Kier molecular flexibility index (Phi) is 5.37. The Morgan fingerprint density at radius 2 is 1.86 bits per heavy atom. The van der Waals surface area contributed by atoms with Crippen LogP contribution in [0, 0.1) is 13.8 Å². The van der Waals surface area contributed by atoms with E-state index in [0.717, 1.165) is 28.0 Å². The SMILES string of the molecule is CNC(Cc1cc(Br)ccc1OC)c1cc(C)nc(C)c1. The molecular formula is C17H21BrN2O. The van der Waals surface area contributed by atoms with Crippen LogP contribution in [0.15, 0.2) is 34.8 Å². The van der Waals surface area contributed by atoms with Crippen molar-refractivity contribution in [2.75, 3.05) is 14.2 Å². The van der Waals surface area contributed by atoms with Crippen LogP contribution >= 0.6 is 15.9 Å². The molecule has 0 aliphatic heterocycles. The molecule has 1 N–H and O–H groups in total. The van der Waals surface area contributed by atoms with Gasteiger partial charge in [0, 0.05) is 21.9 Å². The third kappa shape index (κ3) is 4.05. The molecular weight excluding hydrogens is 328 g/mol. The number of methoxy groups -OCH3 is 1. The first-order valence-electron chi connectivity index (χ1n) is 6.98. The predicted molar refractivity (Wildman–Crippen MR) is 89.9 cm³/mol. The zero-order valence-corrected chi connectivity index (χ0v) is 14.5. The second kappa shape index (κ2) is 7.05. The Morgan fingerprint density at radius 3 is 2.43 bits per heavy atom. The average molecular weight is 349 g/mol. The first kappa shape index (κ1) is 16.0. The molecule has 0 fully saturated rings. The molecule has 0 amide bonds. The number of aryl methyl sites for hydroxylation is 2. The number of hydrogen-bond acceptors (Lipinski definition) is 3. The van der Waals surface area contributed by atoms with Crippen molar-refractivity contribution in [3.05, 3.63) is 57.3 Å². The fourth-order valence-corrected chi connectivity index (χ4v) is 2.99. The largest absolute Gasteiger partial charge is 0.496 e. The number of benzene rings is 1. The van der Waals surface area contributed by atoms with E-state index < -0.39 is 0 Å². The van der Waals surface area contributed by atoms with Crippen LogP contribution in [0.2, 0.25) is 0 Å². The van der Waals surface area contributed by atoms with Crippen molar-refractivity contribution < 1.29 is 4.74 Å². The van der Waals surface area contributed by atoms with Gasteiger partial charge in [0.05, 0.1) is 7.11 Å². The number of nitrogens with one attached hydrogen (secondary N) is 1. The van der Waals surface area contributed by atoms with Crippen LogP contribution in [0.25, 0.3) is 0 Å². The van der Waals surface area contributed by atoms with Gasteiger partial charge in [0.1, 0.15) is 5.75 Å². The Morgan fingerprint density at radius 1 is 1.19 bits per heavy atom. The number of ether oxygens (including phenoxy) is 1. The fourth-order valence-electron chi connectivity index (χ4n) is 2.58. The zero-order chi connectivity index (χ0) is 15.4. The smallest absolute Gasteiger partial charge is 0.122 e. The molecule has 0 saturated heterocycles. The molecule has 0 saturated carbocycles. The quantitative estimate of drug-likeness (QED) is 0.887. The first-order chi connectivity index (χ1) is 10.0. The third-order valence-electron chi connectivity index (χ3n) is 3.52. The summed E-state index contributed by atoms with van der Waals surface area (Å²) in [5, 5.41) is 3.39. The van der Waals surface area contributed by atoms with Crippen molar-refractivity contribution in [3.63, 3.8) is 0 Å². The number of hydrogen-bond donors (Lipinski definition) is 1. The van der Waals surface area contributed by atoms with Crippen LogP contribution in [-0.4, -0.2) is 19.1 Å². The molecule has 21 heavy (non-hydrogen) atoms. The second-order valence-corrected chi connectivity index (χ2v) is 6.10. The number of nitrogens with zero attached hydrogens (tertiary/aromatic N) is 1. The van der Waals surface area contributed by atoms with Crippen molar-refractivity contribution >= 4 is 15.9 Å². The molecule has 1 heterocycles. The van der Waals surface area contributed by atoms with Crippen molar-refractivity contribution in [2.24, 2.45) is 0 Å². The highest BCUT2D eigenvalue weighted by atomic mass is 79.9. The summed E-state index contributed by atoms with van der Waals surface area (Å²) in [6, 6.07) is 10.6. The molecule has 1 aromatic carbocycles. The summed E-state index contributed by atoms with van der Waals surface area (Å²) in [5.74, 6) is 0.918. The van der Waals surface area contributed by atoms with E-state index in [0.29, 0.717) is 0 Å². The lowest BCUT2D eigenvalue weighted by Crippen LogP contribution is -2.19. The molecule has 0 bridgehead atoms. The molecule has 0 spiro atoms. The van der Waals surface area contributed by atoms with Gasteiger partial charge in [-0.05, 0) is 68.8 Å². The molecule has 4 heteroatoms. The van der Waals surface area contributed by atoms with Crippen LogP contribution < -0.4 is 10.1 Å². The summed E-state index contributed by atoms with van der Waals surface area (Å²) in [7, 11) is 3.70. The number of likely N-dealkylation sites (N-methyl/N-ethyl adjacent to an activating group) is 1. The van der Waals surface area contributed by atoms with Crippen LogP contribution in [0.1, 0.15) is 28.6 Å². The lowest BCUT2D eigenvalue weighted by molar-refractivity contribution is 0.406. The molecule has 0 aliphatic carbocycles. The highest BCUT2D eigenvalue weighted by Crippen LogP contribution is 2.28. The molecule has 0 aliphatic rings. The monoisotopic (exact) mass is 348 g/mol. The second-order valence-electron chi connectivity index (χ2n) is 5.18. The van der Waals surface area contributed by atoms with Gasteiger partial charge in [0.2, 0.25) is 0 Å². The minimum absolute atomic E-state index is 0.230. The zero-order valence-electron chi connectivity index (χ0n) is 12.9. The minimum atomic E-state index is 0.230. The van der Waals surface area contributed by atoms with E-state index in [4.69, 9.17) is 4.74 Å². The number of pyridine rings is 1. The number of rotatable bonds is 5. The van der Waals surface area contributed by atoms with E-state index in [2.05, 4.69) is 44.4 Å². The van der Waals surface area contributed by atoms with Gasteiger partial charge in [-0.3, -0.25) is 4.98 Å². The molecule has 2 aromatic rings. The normalized spacial score (nSPS) is 12.2. The Bertz CT molecular complexity index is 608. The van der Waals surface area contributed by atoms with Gasteiger partial charge in [-0.2, -0.15) is 0 Å². The van der Waals surface area contributed by atoms with Crippen molar-refractivity contribution in [1.29, 1.82) is 0 Å². The predicted octanol–water partition coefficient (Wildman–Crippen LogP) is 3.97. The summed E-state index contributed by atoms with van der Waals surface area (Å²) in [6.07, 6.45) is 0.863. The van der Waals surface area contributed by atoms with Gasteiger partial charge in [0.25, 0.3) is 0 Å². The van der Waals surface area contributed by atoms with Gasteiger partial charge in [-0.15, -0.1) is 0 Å². The molecule has 1 atom stereocenters. The van der Waals surface area contributed by atoms with Crippen LogP contribution in [0.5, 0.6) is 5.75 Å². The Labute approximate surface area is 134 Å². The van der Waals surface area contributed by atoms with E-state index in [1.807, 2.05) is 33.0 Å². The first-order valence-corrected chi connectivity index (χ1v) is 7.77. The summed E-state index contributed by atoms with van der Waals surface area (Å²) < 4.78 is 6.53. The van der Waals surface area contributed by atoms with E-state index >= 15 is 0 Å². The molecule has 1 aromatic heterocycles. The maximum Gasteiger partial charge on any atom is 0.122 e. The summed E-state index contributed by atoms with van der Waals surface area (Å²) in [5.41, 5.74) is 4.53. The highest BCUT2D eigenvalue weighted by molar-refractivity contribution is 9.10. The molecule has 1 unspecified atom stereocenters. The van der Waals surface area contributed by atoms with Gasteiger partial charge in [0.15, 0.2) is 0 Å². The molecule has 3 nitrogen and oxygen atoms in total. The van der Waals surface area contributed by atoms with E-state index in [9.17, 15) is 0 Å². The summed E-state index contributed by atoms with van der Waals surface area (Å²) in [4.78, 5) is 4.45. The van der Waals surface area contributed by atoms with Crippen molar-refractivity contribution in [3.8, 4) is 5.75 Å². The Balaban J connectivity index is 2.32. The van der Waals surface area contributed by atoms with Gasteiger partial charge >= 0.3 is 0 Å². The van der Waals surface area contributed by atoms with E-state index in [-0.39, 0.29) is 6.04 Å². The standard InChI is InChI=1S/C17H21BrN2O/c1-11-7-13(8-12(2)20-11)16(19-3)10-14-9-15(18)5-6-17(14)21-4/h5-9,16,19H,10H2,1-4H3. The van der Waals surface area contributed by atoms with Crippen LogP contribution in [0.4, 0.5) is 0 Å². The molecule has 2 rings (SSSR count). The molecule has 0 radical (unpaired) electrons. The maximum absolute atomic E-state index is 5.47. The van der Waals surface area contributed by atoms with Gasteiger partial charge in [-0.25, -0.2) is 0 Å². The van der Waals surface area contributed by atoms with Gasteiger partial charge < -0.3 is 10.1 Å². The summed E-state index contributed by atoms with van der Waals surface area (Å²) >= 11 is 3.53. The van der Waals surface area contributed by atoms with Crippen molar-refractivity contribution in [2.45, 2.75) is 26.3 Å². The lowest BCUT2D eigenvalue weighted by Gasteiger charge is -2.19. The average Bonchev–Trinajstić information content (AvgIpc) is 2.43. The van der Waals surface area contributed by atoms with Crippen LogP contribution in [0.3, 0.4) is 0 Å². The summed E-state index contributed by atoms with van der Waals surface area (Å²) in [6.45, 7) is 4.06.